The van der Waals surface area contributed by atoms with Crippen LogP contribution in [-0.4, -0.2) is 44.3 Å². The number of hydrogen-bond donors (Lipinski definition) is 1. The second kappa shape index (κ2) is 7.04. The zero-order chi connectivity index (χ0) is 13.7. The van der Waals surface area contributed by atoms with Gasteiger partial charge in [0, 0.05) is 25.7 Å². The molecule has 1 aliphatic rings. The largest absolute Gasteiger partial charge is 0.376 e. The maximum absolute atomic E-state index is 5.60. The van der Waals surface area contributed by atoms with Gasteiger partial charge in [0.05, 0.1) is 12.7 Å². The first-order chi connectivity index (χ1) is 9.20. The molecule has 1 heterocycles. The molecule has 2 rings (SSSR count). The van der Waals surface area contributed by atoms with E-state index in [-0.39, 0.29) is 0 Å². The SMILES string of the molecule is CNC(c1ccccc1)C(C)CN1CCOC(C)C1. The third-order valence-electron chi connectivity index (χ3n) is 3.91. The summed E-state index contributed by atoms with van der Waals surface area (Å²) in [5.74, 6) is 0.581. The maximum atomic E-state index is 5.60. The quantitative estimate of drug-likeness (QED) is 0.881. The zero-order valence-electron chi connectivity index (χ0n) is 12.3. The smallest absolute Gasteiger partial charge is 0.0674 e. The van der Waals surface area contributed by atoms with Gasteiger partial charge in [-0.2, -0.15) is 0 Å². The Bertz CT molecular complexity index is 368. The second-order valence-electron chi connectivity index (χ2n) is 5.60. The molecule has 0 aromatic heterocycles. The van der Waals surface area contributed by atoms with Gasteiger partial charge < -0.3 is 10.1 Å². The molecule has 1 aliphatic heterocycles. The van der Waals surface area contributed by atoms with Crippen LogP contribution in [0.1, 0.15) is 25.5 Å². The molecule has 1 aromatic carbocycles. The van der Waals surface area contributed by atoms with Crippen molar-refractivity contribution in [2.24, 2.45) is 5.92 Å². The van der Waals surface area contributed by atoms with Gasteiger partial charge in [-0.25, -0.2) is 0 Å². The van der Waals surface area contributed by atoms with E-state index in [0.717, 1.165) is 26.2 Å². The van der Waals surface area contributed by atoms with Gasteiger partial charge in [-0.15, -0.1) is 0 Å². The molecule has 1 fully saturated rings. The Labute approximate surface area is 116 Å². The lowest BCUT2D eigenvalue weighted by Crippen LogP contribution is -2.44. The lowest BCUT2D eigenvalue weighted by atomic mass is 9.94. The van der Waals surface area contributed by atoms with Crippen molar-refractivity contribution < 1.29 is 4.74 Å². The predicted molar refractivity (Wildman–Crippen MR) is 79.3 cm³/mol. The van der Waals surface area contributed by atoms with Gasteiger partial charge in [0.2, 0.25) is 0 Å². The fourth-order valence-corrected chi connectivity index (χ4v) is 3.01. The number of nitrogens with zero attached hydrogens (tertiary/aromatic N) is 1. The second-order valence-corrected chi connectivity index (χ2v) is 5.60. The molecule has 1 saturated heterocycles. The minimum absolute atomic E-state index is 0.366. The molecule has 3 heteroatoms. The fraction of sp³-hybridized carbons (Fsp3) is 0.625. The Hall–Kier alpha value is -0.900. The van der Waals surface area contributed by atoms with Gasteiger partial charge in [-0.3, -0.25) is 4.90 Å². The van der Waals surface area contributed by atoms with E-state index in [1.165, 1.54) is 5.56 Å². The molecule has 3 atom stereocenters. The van der Waals surface area contributed by atoms with Crippen LogP contribution in [-0.2, 0) is 4.74 Å². The van der Waals surface area contributed by atoms with Crippen molar-refractivity contribution in [2.75, 3.05) is 33.3 Å². The summed E-state index contributed by atoms with van der Waals surface area (Å²) < 4.78 is 5.60. The lowest BCUT2D eigenvalue weighted by Gasteiger charge is -2.35. The van der Waals surface area contributed by atoms with Crippen LogP contribution in [0.15, 0.2) is 30.3 Å². The topological polar surface area (TPSA) is 24.5 Å². The Balaban J connectivity index is 1.95. The van der Waals surface area contributed by atoms with Gasteiger partial charge in [0.1, 0.15) is 0 Å². The lowest BCUT2D eigenvalue weighted by molar-refractivity contribution is -0.0238. The summed E-state index contributed by atoms with van der Waals surface area (Å²) in [4.78, 5) is 2.52. The summed E-state index contributed by atoms with van der Waals surface area (Å²) in [6.07, 6.45) is 0.366. The van der Waals surface area contributed by atoms with Gasteiger partial charge in [-0.1, -0.05) is 37.3 Å². The highest BCUT2D eigenvalue weighted by Gasteiger charge is 2.23. The molecule has 0 saturated carbocycles. The summed E-state index contributed by atoms with van der Waals surface area (Å²) in [6, 6.07) is 11.1. The standard InChI is InChI=1S/C16H26N2O/c1-13(11-18-9-10-19-14(2)12-18)16(17-3)15-7-5-4-6-8-15/h4-8,13-14,16-17H,9-12H2,1-3H3. The van der Waals surface area contributed by atoms with Crippen molar-refractivity contribution in [3.05, 3.63) is 35.9 Å². The minimum Gasteiger partial charge on any atom is -0.376 e. The van der Waals surface area contributed by atoms with Crippen molar-refractivity contribution in [1.29, 1.82) is 0 Å². The predicted octanol–water partition coefficient (Wildman–Crippen LogP) is 2.30. The van der Waals surface area contributed by atoms with E-state index < -0.39 is 0 Å². The van der Waals surface area contributed by atoms with E-state index in [4.69, 9.17) is 4.74 Å². The summed E-state index contributed by atoms with van der Waals surface area (Å²) >= 11 is 0. The molecule has 0 spiro atoms. The first-order valence-electron chi connectivity index (χ1n) is 7.27. The van der Waals surface area contributed by atoms with Crippen molar-refractivity contribution in [3.63, 3.8) is 0 Å². The van der Waals surface area contributed by atoms with Gasteiger partial charge in [0.15, 0.2) is 0 Å². The average molecular weight is 262 g/mol. The van der Waals surface area contributed by atoms with Gasteiger partial charge in [0.25, 0.3) is 0 Å². The Morgan fingerprint density at radius 2 is 2.11 bits per heavy atom. The first-order valence-corrected chi connectivity index (χ1v) is 7.27. The van der Waals surface area contributed by atoms with E-state index >= 15 is 0 Å². The van der Waals surface area contributed by atoms with E-state index in [1.54, 1.807) is 0 Å². The molecular weight excluding hydrogens is 236 g/mol. The van der Waals surface area contributed by atoms with Gasteiger partial charge >= 0.3 is 0 Å². The molecule has 0 amide bonds. The van der Waals surface area contributed by atoms with Crippen molar-refractivity contribution >= 4 is 0 Å². The first kappa shape index (κ1) is 14.5. The van der Waals surface area contributed by atoms with Crippen LogP contribution in [0.2, 0.25) is 0 Å². The normalized spacial score (nSPS) is 24.1. The van der Waals surface area contributed by atoms with Crippen LogP contribution in [0, 0.1) is 5.92 Å². The summed E-state index contributed by atoms with van der Waals surface area (Å²) in [6.45, 7) is 8.57. The molecule has 0 radical (unpaired) electrons. The highest BCUT2D eigenvalue weighted by Crippen LogP contribution is 2.22. The molecule has 3 unspecified atom stereocenters. The van der Waals surface area contributed by atoms with Crippen LogP contribution in [0.3, 0.4) is 0 Å². The summed E-state index contributed by atoms with van der Waals surface area (Å²) in [5.41, 5.74) is 1.37. The van der Waals surface area contributed by atoms with Crippen molar-refractivity contribution in [2.45, 2.75) is 26.0 Å². The van der Waals surface area contributed by atoms with Crippen molar-refractivity contribution in [3.8, 4) is 0 Å². The average Bonchev–Trinajstić information content (AvgIpc) is 2.41. The van der Waals surface area contributed by atoms with Crippen LogP contribution in [0.5, 0.6) is 0 Å². The molecular formula is C16H26N2O. The Morgan fingerprint density at radius 3 is 2.74 bits per heavy atom. The molecule has 1 aromatic rings. The minimum atomic E-state index is 0.366. The third kappa shape index (κ3) is 4.03. The molecule has 3 nitrogen and oxygen atoms in total. The number of rotatable bonds is 5. The molecule has 19 heavy (non-hydrogen) atoms. The number of morpholine rings is 1. The molecule has 1 N–H and O–H groups in total. The Kier molecular flexibility index (Phi) is 5.37. The molecule has 0 bridgehead atoms. The fourth-order valence-electron chi connectivity index (χ4n) is 3.01. The van der Waals surface area contributed by atoms with Crippen molar-refractivity contribution in [1.82, 2.24) is 10.2 Å². The van der Waals surface area contributed by atoms with Crippen LogP contribution < -0.4 is 5.32 Å². The van der Waals surface area contributed by atoms with Crippen LogP contribution >= 0.6 is 0 Å². The number of hydrogen-bond acceptors (Lipinski definition) is 3. The number of benzene rings is 1. The van der Waals surface area contributed by atoms with E-state index in [2.05, 4.69) is 61.4 Å². The number of ether oxygens (including phenoxy) is 1. The summed E-state index contributed by atoms with van der Waals surface area (Å²) in [5, 5.41) is 3.46. The van der Waals surface area contributed by atoms with Crippen LogP contribution in [0.4, 0.5) is 0 Å². The summed E-state index contributed by atoms with van der Waals surface area (Å²) in [7, 11) is 2.05. The van der Waals surface area contributed by atoms with Crippen LogP contribution in [0.25, 0.3) is 0 Å². The zero-order valence-corrected chi connectivity index (χ0v) is 12.3. The highest BCUT2D eigenvalue weighted by molar-refractivity contribution is 5.19. The number of nitrogens with one attached hydrogen (secondary N) is 1. The monoisotopic (exact) mass is 262 g/mol. The highest BCUT2D eigenvalue weighted by atomic mass is 16.5. The Morgan fingerprint density at radius 1 is 1.37 bits per heavy atom. The van der Waals surface area contributed by atoms with E-state index in [0.29, 0.717) is 18.1 Å². The molecule has 0 aliphatic carbocycles. The van der Waals surface area contributed by atoms with E-state index in [9.17, 15) is 0 Å². The third-order valence-corrected chi connectivity index (χ3v) is 3.91. The van der Waals surface area contributed by atoms with Gasteiger partial charge in [-0.05, 0) is 25.5 Å². The molecule has 106 valence electrons. The maximum Gasteiger partial charge on any atom is 0.0674 e. The van der Waals surface area contributed by atoms with E-state index in [1.807, 2.05) is 0 Å².